The highest BCUT2D eigenvalue weighted by atomic mass is 16.5. The normalized spacial score (nSPS) is 12.7. The maximum atomic E-state index is 5.36. The largest absolute Gasteiger partial charge is 0.497 e. The van der Waals surface area contributed by atoms with Crippen molar-refractivity contribution in [1.29, 1.82) is 0 Å². The van der Waals surface area contributed by atoms with Gasteiger partial charge in [-0.15, -0.1) is 0 Å². The van der Waals surface area contributed by atoms with Crippen molar-refractivity contribution in [3.63, 3.8) is 0 Å². The molecule has 0 bridgehead atoms. The summed E-state index contributed by atoms with van der Waals surface area (Å²) in [6, 6.07) is 14.4. The van der Waals surface area contributed by atoms with Crippen LogP contribution in [0.1, 0.15) is 18.6 Å². The molecule has 0 atom stereocenters. The van der Waals surface area contributed by atoms with E-state index in [2.05, 4.69) is 47.8 Å². The third-order valence-corrected chi connectivity index (χ3v) is 3.80. The van der Waals surface area contributed by atoms with Gasteiger partial charge in [0.2, 0.25) is 5.96 Å². The van der Waals surface area contributed by atoms with Crippen LogP contribution >= 0.6 is 0 Å². The van der Waals surface area contributed by atoms with Crippen molar-refractivity contribution in [3.8, 4) is 5.75 Å². The SMILES string of the molecule is C.COc1cccc(N(NC2=NCCN2)c2ccc(C)cc2C)c1. The number of ether oxygens (including phenoxy) is 1. The Morgan fingerprint density at radius 2 is 2.00 bits per heavy atom. The van der Waals surface area contributed by atoms with Gasteiger partial charge in [-0.25, -0.2) is 0 Å². The molecule has 1 aliphatic heterocycles. The molecular formula is C19H26N4O. The molecule has 24 heavy (non-hydrogen) atoms. The molecule has 0 fully saturated rings. The van der Waals surface area contributed by atoms with Crippen LogP contribution < -0.4 is 20.5 Å². The number of methoxy groups -OCH3 is 1. The molecule has 0 aliphatic carbocycles. The Morgan fingerprint density at radius 1 is 1.17 bits per heavy atom. The van der Waals surface area contributed by atoms with Crippen molar-refractivity contribution >= 4 is 17.3 Å². The first kappa shape index (κ1) is 17.7. The van der Waals surface area contributed by atoms with Crippen molar-refractivity contribution in [2.45, 2.75) is 21.3 Å². The Bertz CT molecular complexity index is 727. The van der Waals surface area contributed by atoms with Crippen molar-refractivity contribution in [2.75, 3.05) is 25.2 Å². The minimum absolute atomic E-state index is 0. The monoisotopic (exact) mass is 326 g/mol. The Kier molecular flexibility index (Phi) is 5.68. The molecular weight excluding hydrogens is 300 g/mol. The lowest BCUT2D eigenvalue weighted by Crippen LogP contribution is -2.44. The second-order valence-electron chi connectivity index (χ2n) is 5.60. The standard InChI is InChI=1S/C18H22N4O.CH4/c1-13-7-8-17(14(2)11-13)22(21-18-19-9-10-20-18)15-5-4-6-16(12-15)23-3;/h4-8,11-12H,9-10H2,1-3H3,(H2,19,20,21);1H4. The van der Waals surface area contributed by atoms with Crippen LogP contribution in [0.5, 0.6) is 5.75 Å². The van der Waals surface area contributed by atoms with Crippen molar-refractivity contribution in [3.05, 3.63) is 53.6 Å². The van der Waals surface area contributed by atoms with Gasteiger partial charge in [0.25, 0.3) is 0 Å². The van der Waals surface area contributed by atoms with Crippen LogP contribution in [-0.4, -0.2) is 26.2 Å². The summed E-state index contributed by atoms with van der Waals surface area (Å²) in [4.78, 5) is 4.44. The van der Waals surface area contributed by atoms with Gasteiger partial charge in [-0.05, 0) is 37.6 Å². The molecule has 0 unspecified atom stereocenters. The Labute approximate surface area is 144 Å². The molecule has 0 spiro atoms. The van der Waals surface area contributed by atoms with Gasteiger partial charge in [0.1, 0.15) is 5.75 Å². The third-order valence-electron chi connectivity index (χ3n) is 3.80. The van der Waals surface area contributed by atoms with Crippen LogP contribution in [0, 0.1) is 13.8 Å². The average molecular weight is 326 g/mol. The van der Waals surface area contributed by atoms with E-state index in [1.807, 2.05) is 29.3 Å². The van der Waals surface area contributed by atoms with E-state index in [-0.39, 0.29) is 7.43 Å². The average Bonchev–Trinajstić information content (AvgIpc) is 3.06. The van der Waals surface area contributed by atoms with Gasteiger partial charge >= 0.3 is 0 Å². The van der Waals surface area contributed by atoms with E-state index in [4.69, 9.17) is 4.74 Å². The van der Waals surface area contributed by atoms with E-state index < -0.39 is 0 Å². The summed E-state index contributed by atoms with van der Waals surface area (Å²) in [5, 5.41) is 5.29. The van der Waals surface area contributed by atoms with Crippen molar-refractivity contribution in [2.24, 2.45) is 4.99 Å². The smallest absolute Gasteiger partial charge is 0.210 e. The van der Waals surface area contributed by atoms with Gasteiger partial charge in [0.05, 0.1) is 25.0 Å². The van der Waals surface area contributed by atoms with Gasteiger partial charge in [-0.2, -0.15) is 0 Å². The predicted octanol–water partition coefficient (Wildman–Crippen LogP) is 3.55. The minimum Gasteiger partial charge on any atom is -0.497 e. The van der Waals surface area contributed by atoms with E-state index >= 15 is 0 Å². The Balaban J connectivity index is 0.00000208. The zero-order valence-corrected chi connectivity index (χ0v) is 13.8. The lowest BCUT2D eigenvalue weighted by Gasteiger charge is -2.28. The summed E-state index contributed by atoms with van der Waals surface area (Å²) >= 11 is 0. The van der Waals surface area contributed by atoms with Gasteiger partial charge in [-0.3, -0.25) is 15.4 Å². The van der Waals surface area contributed by atoms with Gasteiger partial charge in [0.15, 0.2) is 0 Å². The van der Waals surface area contributed by atoms with Crippen LogP contribution in [0.15, 0.2) is 47.5 Å². The number of hydrogen-bond donors (Lipinski definition) is 2. The number of nitrogens with one attached hydrogen (secondary N) is 2. The number of guanidine groups is 1. The first-order valence-corrected chi connectivity index (χ1v) is 7.74. The number of aliphatic imine (C=N–C) groups is 1. The quantitative estimate of drug-likeness (QED) is 0.844. The molecule has 2 aromatic rings. The van der Waals surface area contributed by atoms with Crippen LogP contribution in [0.2, 0.25) is 0 Å². The number of benzene rings is 2. The fraction of sp³-hybridized carbons (Fsp3) is 0.316. The van der Waals surface area contributed by atoms with Crippen molar-refractivity contribution in [1.82, 2.24) is 10.7 Å². The Morgan fingerprint density at radius 3 is 2.67 bits per heavy atom. The lowest BCUT2D eigenvalue weighted by molar-refractivity contribution is 0.415. The highest BCUT2D eigenvalue weighted by Gasteiger charge is 2.16. The number of rotatable bonds is 4. The van der Waals surface area contributed by atoms with E-state index in [1.54, 1.807) is 7.11 Å². The number of nitrogens with zero attached hydrogens (tertiary/aromatic N) is 2. The second-order valence-corrected chi connectivity index (χ2v) is 5.60. The van der Waals surface area contributed by atoms with Gasteiger partial charge < -0.3 is 10.1 Å². The summed E-state index contributed by atoms with van der Waals surface area (Å²) in [5.74, 6) is 1.60. The second kappa shape index (κ2) is 7.73. The number of aryl methyl sites for hydroxylation is 2. The van der Waals surface area contributed by atoms with Crippen LogP contribution in [0.3, 0.4) is 0 Å². The summed E-state index contributed by atoms with van der Waals surface area (Å²) < 4.78 is 5.36. The van der Waals surface area contributed by atoms with Crippen molar-refractivity contribution < 1.29 is 4.74 Å². The maximum Gasteiger partial charge on any atom is 0.210 e. The summed E-state index contributed by atoms with van der Waals surface area (Å²) in [6.07, 6.45) is 0. The molecule has 3 rings (SSSR count). The molecule has 5 nitrogen and oxygen atoms in total. The fourth-order valence-corrected chi connectivity index (χ4v) is 2.65. The fourth-order valence-electron chi connectivity index (χ4n) is 2.65. The molecule has 128 valence electrons. The maximum absolute atomic E-state index is 5.36. The van der Waals surface area contributed by atoms with E-state index in [0.29, 0.717) is 0 Å². The number of hydrazine groups is 1. The van der Waals surface area contributed by atoms with Crippen LogP contribution in [0.25, 0.3) is 0 Å². The molecule has 0 aromatic heterocycles. The van der Waals surface area contributed by atoms with E-state index in [9.17, 15) is 0 Å². The first-order valence-electron chi connectivity index (χ1n) is 7.74. The Hall–Kier alpha value is -2.69. The zero-order chi connectivity index (χ0) is 16.2. The highest BCUT2D eigenvalue weighted by Crippen LogP contribution is 2.29. The molecule has 2 aromatic carbocycles. The molecule has 1 heterocycles. The molecule has 1 aliphatic rings. The van der Waals surface area contributed by atoms with Crippen LogP contribution in [-0.2, 0) is 0 Å². The zero-order valence-electron chi connectivity index (χ0n) is 13.8. The highest BCUT2D eigenvalue weighted by molar-refractivity contribution is 5.85. The molecule has 2 N–H and O–H groups in total. The van der Waals surface area contributed by atoms with Gasteiger partial charge in [0, 0.05) is 12.6 Å². The summed E-state index contributed by atoms with van der Waals surface area (Å²) in [6.45, 7) is 5.87. The first-order chi connectivity index (χ1) is 11.2. The minimum atomic E-state index is 0. The van der Waals surface area contributed by atoms with E-state index in [1.165, 1.54) is 11.1 Å². The molecule has 0 amide bonds. The molecule has 0 saturated heterocycles. The molecule has 0 radical (unpaired) electrons. The van der Waals surface area contributed by atoms with Gasteiger partial charge in [-0.1, -0.05) is 31.2 Å². The topological polar surface area (TPSA) is 48.9 Å². The molecule has 0 saturated carbocycles. The van der Waals surface area contributed by atoms with Crippen LogP contribution in [0.4, 0.5) is 11.4 Å². The predicted molar refractivity (Wildman–Crippen MR) is 101 cm³/mol. The molecule has 5 heteroatoms. The number of anilines is 2. The lowest BCUT2D eigenvalue weighted by atomic mass is 10.1. The summed E-state index contributed by atoms with van der Waals surface area (Å²) in [7, 11) is 1.68. The summed E-state index contributed by atoms with van der Waals surface area (Å²) in [5.41, 5.74) is 7.89. The van der Waals surface area contributed by atoms with E-state index in [0.717, 1.165) is 36.2 Å². The number of hydrogen-bond acceptors (Lipinski definition) is 5. The third kappa shape index (κ3) is 3.79.